The standard InChI is InChI=1S/C12H9Cl2N3O/c1-17-11(14)6-16-12(17)7-18-10-3-2-8(5-15)4-9(10)13/h2-4,6H,7H2,1H3. The van der Waals surface area contributed by atoms with Crippen molar-refractivity contribution in [2.45, 2.75) is 6.61 Å². The molecule has 1 heterocycles. The van der Waals surface area contributed by atoms with Crippen LogP contribution >= 0.6 is 23.2 Å². The number of rotatable bonds is 3. The Morgan fingerprint density at radius 1 is 1.44 bits per heavy atom. The van der Waals surface area contributed by atoms with E-state index >= 15 is 0 Å². The molecule has 0 aliphatic rings. The van der Waals surface area contributed by atoms with Gasteiger partial charge in [-0.2, -0.15) is 5.26 Å². The van der Waals surface area contributed by atoms with Crippen molar-refractivity contribution in [1.82, 2.24) is 9.55 Å². The number of aromatic nitrogens is 2. The van der Waals surface area contributed by atoms with Gasteiger partial charge in [-0.15, -0.1) is 0 Å². The van der Waals surface area contributed by atoms with E-state index in [1.54, 1.807) is 36.0 Å². The van der Waals surface area contributed by atoms with Gasteiger partial charge in [-0.3, -0.25) is 0 Å². The summed E-state index contributed by atoms with van der Waals surface area (Å²) in [4.78, 5) is 4.10. The number of halogens is 2. The van der Waals surface area contributed by atoms with E-state index in [1.807, 2.05) is 6.07 Å². The molecule has 18 heavy (non-hydrogen) atoms. The maximum Gasteiger partial charge on any atom is 0.147 e. The van der Waals surface area contributed by atoms with Crippen LogP contribution in [0.15, 0.2) is 24.4 Å². The molecule has 1 aromatic heterocycles. The van der Waals surface area contributed by atoms with Crippen molar-refractivity contribution in [1.29, 1.82) is 5.26 Å². The molecule has 0 unspecified atom stereocenters. The van der Waals surface area contributed by atoms with Crippen LogP contribution in [-0.2, 0) is 13.7 Å². The Bertz CT molecular complexity index is 616. The van der Waals surface area contributed by atoms with Crippen LogP contribution in [0.3, 0.4) is 0 Å². The molecule has 0 saturated heterocycles. The Balaban J connectivity index is 2.11. The first-order valence-corrected chi connectivity index (χ1v) is 5.86. The highest BCUT2D eigenvalue weighted by molar-refractivity contribution is 6.32. The van der Waals surface area contributed by atoms with Gasteiger partial charge in [0, 0.05) is 7.05 Å². The van der Waals surface area contributed by atoms with Crippen LogP contribution in [-0.4, -0.2) is 9.55 Å². The van der Waals surface area contributed by atoms with Gasteiger partial charge in [-0.1, -0.05) is 23.2 Å². The van der Waals surface area contributed by atoms with Gasteiger partial charge in [0.25, 0.3) is 0 Å². The highest BCUT2D eigenvalue weighted by Gasteiger charge is 2.07. The molecular weight excluding hydrogens is 273 g/mol. The van der Waals surface area contributed by atoms with Crippen LogP contribution in [0, 0.1) is 11.3 Å². The summed E-state index contributed by atoms with van der Waals surface area (Å²) in [5.41, 5.74) is 0.493. The molecule has 2 aromatic rings. The fourth-order valence-electron chi connectivity index (χ4n) is 1.39. The Hall–Kier alpha value is -1.70. The van der Waals surface area contributed by atoms with Gasteiger partial charge in [0.15, 0.2) is 0 Å². The van der Waals surface area contributed by atoms with E-state index < -0.39 is 0 Å². The first-order valence-electron chi connectivity index (χ1n) is 5.10. The minimum atomic E-state index is 0.259. The van der Waals surface area contributed by atoms with Crippen LogP contribution in [0.25, 0.3) is 0 Å². The number of benzene rings is 1. The third kappa shape index (κ3) is 2.58. The van der Waals surface area contributed by atoms with Crippen LogP contribution in [0.1, 0.15) is 11.4 Å². The molecular formula is C12H9Cl2N3O. The van der Waals surface area contributed by atoms with Gasteiger partial charge >= 0.3 is 0 Å². The zero-order valence-electron chi connectivity index (χ0n) is 9.52. The van der Waals surface area contributed by atoms with Crippen LogP contribution in [0.4, 0.5) is 0 Å². The lowest BCUT2D eigenvalue weighted by atomic mass is 10.2. The SMILES string of the molecule is Cn1c(Cl)cnc1COc1ccc(C#N)cc1Cl. The molecule has 1 aromatic carbocycles. The largest absolute Gasteiger partial charge is 0.484 e. The molecule has 0 spiro atoms. The second kappa shape index (κ2) is 5.30. The first kappa shape index (κ1) is 12.7. The lowest BCUT2D eigenvalue weighted by Gasteiger charge is -2.08. The first-order chi connectivity index (χ1) is 8.61. The summed E-state index contributed by atoms with van der Waals surface area (Å²) in [6, 6.07) is 6.87. The van der Waals surface area contributed by atoms with E-state index in [2.05, 4.69) is 4.98 Å². The normalized spacial score (nSPS) is 10.1. The lowest BCUT2D eigenvalue weighted by Crippen LogP contribution is -2.03. The topological polar surface area (TPSA) is 50.8 Å². The van der Waals surface area contributed by atoms with Gasteiger partial charge in [0.05, 0.1) is 22.9 Å². The molecule has 0 amide bonds. The van der Waals surface area contributed by atoms with Gasteiger partial charge in [0.2, 0.25) is 0 Å². The van der Waals surface area contributed by atoms with Gasteiger partial charge < -0.3 is 9.30 Å². The Kier molecular flexibility index (Phi) is 3.75. The fraction of sp³-hybridized carbons (Fsp3) is 0.167. The van der Waals surface area contributed by atoms with Crippen LogP contribution < -0.4 is 4.74 Å². The second-order valence-electron chi connectivity index (χ2n) is 3.60. The monoisotopic (exact) mass is 281 g/mol. The third-order valence-corrected chi connectivity index (χ3v) is 3.09. The van der Waals surface area contributed by atoms with E-state index in [-0.39, 0.29) is 6.61 Å². The van der Waals surface area contributed by atoms with Crippen LogP contribution in [0.2, 0.25) is 10.2 Å². The van der Waals surface area contributed by atoms with E-state index in [9.17, 15) is 0 Å². The number of nitrogens with zero attached hydrogens (tertiary/aromatic N) is 3. The summed E-state index contributed by atoms with van der Waals surface area (Å²) in [6.45, 7) is 0.259. The number of hydrogen-bond donors (Lipinski definition) is 0. The minimum absolute atomic E-state index is 0.259. The molecule has 0 aliphatic carbocycles. The Morgan fingerprint density at radius 2 is 2.22 bits per heavy atom. The number of imidazole rings is 1. The number of hydrogen-bond acceptors (Lipinski definition) is 3. The average molecular weight is 282 g/mol. The average Bonchev–Trinajstić information content (AvgIpc) is 2.68. The van der Waals surface area contributed by atoms with Crippen molar-refractivity contribution in [3.8, 4) is 11.8 Å². The smallest absolute Gasteiger partial charge is 0.147 e. The summed E-state index contributed by atoms with van der Waals surface area (Å²) in [6.07, 6.45) is 1.56. The summed E-state index contributed by atoms with van der Waals surface area (Å²) in [7, 11) is 1.80. The van der Waals surface area contributed by atoms with Crippen molar-refractivity contribution < 1.29 is 4.74 Å². The fourth-order valence-corrected chi connectivity index (χ4v) is 1.77. The van der Waals surface area contributed by atoms with Gasteiger partial charge in [-0.05, 0) is 18.2 Å². The van der Waals surface area contributed by atoms with E-state index in [0.29, 0.717) is 27.3 Å². The molecule has 0 N–H and O–H groups in total. The zero-order chi connectivity index (χ0) is 13.1. The summed E-state index contributed by atoms with van der Waals surface area (Å²) >= 11 is 11.9. The molecule has 2 rings (SSSR count). The van der Waals surface area contributed by atoms with Crippen LogP contribution in [0.5, 0.6) is 5.75 Å². The summed E-state index contributed by atoms with van der Waals surface area (Å²) < 4.78 is 7.25. The summed E-state index contributed by atoms with van der Waals surface area (Å²) in [5.74, 6) is 1.20. The molecule has 0 fully saturated rings. The van der Waals surface area contributed by atoms with E-state index in [1.165, 1.54) is 0 Å². The molecule has 4 nitrogen and oxygen atoms in total. The Labute approximate surface area is 114 Å². The molecule has 0 atom stereocenters. The molecule has 0 saturated carbocycles. The zero-order valence-corrected chi connectivity index (χ0v) is 11.0. The van der Waals surface area contributed by atoms with Gasteiger partial charge in [0.1, 0.15) is 23.3 Å². The predicted molar refractivity (Wildman–Crippen MR) is 68.7 cm³/mol. The quantitative estimate of drug-likeness (QED) is 0.868. The number of nitriles is 1. The molecule has 0 bridgehead atoms. The van der Waals surface area contributed by atoms with Gasteiger partial charge in [-0.25, -0.2) is 4.98 Å². The Morgan fingerprint density at radius 3 is 2.78 bits per heavy atom. The summed E-state index contributed by atoms with van der Waals surface area (Å²) in [5, 5.41) is 9.66. The van der Waals surface area contributed by atoms with Crippen molar-refractivity contribution in [3.05, 3.63) is 46.0 Å². The second-order valence-corrected chi connectivity index (χ2v) is 4.40. The molecule has 0 radical (unpaired) electrons. The molecule has 0 aliphatic heterocycles. The van der Waals surface area contributed by atoms with Crippen molar-refractivity contribution in [3.63, 3.8) is 0 Å². The maximum absolute atomic E-state index is 8.72. The third-order valence-electron chi connectivity index (χ3n) is 2.45. The molecule has 92 valence electrons. The van der Waals surface area contributed by atoms with Crippen molar-refractivity contribution in [2.75, 3.05) is 0 Å². The van der Waals surface area contributed by atoms with Crippen molar-refractivity contribution >= 4 is 23.2 Å². The van der Waals surface area contributed by atoms with E-state index in [4.69, 9.17) is 33.2 Å². The maximum atomic E-state index is 8.72. The highest BCUT2D eigenvalue weighted by Crippen LogP contribution is 2.26. The highest BCUT2D eigenvalue weighted by atomic mass is 35.5. The minimum Gasteiger partial charge on any atom is -0.484 e. The number of ether oxygens (including phenoxy) is 1. The molecule has 6 heteroatoms. The van der Waals surface area contributed by atoms with E-state index in [0.717, 1.165) is 0 Å². The predicted octanol–water partition coefficient (Wildman–Crippen LogP) is 3.18. The van der Waals surface area contributed by atoms with Crippen molar-refractivity contribution in [2.24, 2.45) is 7.05 Å². The lowest BCUT2D eigenvalue weighted by molar-refractivity contribution is 0.292.